The Balaban J connectivity index is 1.26. The second kappa shape index (κ2) is 10.9. The van der Waals surface area contributed by atoms with Gasteiger partial charge in [0, 0.05) is 37.2 Å². The first kappa shape index (κ1) is 22.0. The molecule has 1 fully saturated rings. The summed E-state index contributed by atoms with van der Waals surface area (Å²) < 4.78 is 17.2. The highest BCUT2D eigenvalue weighted by molar-refractivity contribution is 6.13. The molecule has 2 atom stereocenters. The first-order valence-corrected chi connectivity index (χ1v) is 10.4. The first-order valence-electron chi connectivity index (χ1n) is 10.4. The molecule has 0 aliphatic carbocycles. The van der Waals surface area contributed by atoms with Crippen LogP contribution in [0.15, 0.2) is 36.4 Å². The average molecular weight is 416 g/mol. The standard InChI is InChI=1S/C22H28N2O6/c1-2-28-17-8-6-16(7-9-17)22-29-15-18(30-22)5-3-4-13-23-19(25)12-14-24-20(26)10-11-21(24)27/h6-11,18,22H,2-5,12-15H2,1H3,(H,23,25). The zero-order chi connectivity index (χ0) is 21.3. The van der Waals surface area contributed by atoms with Crippen molar-refractivity contribution in [3.05, 3.63) is 42.0 Å². The molecule has 0 bridgehead atoms. The Morgan fingerprint density at radius 2 is 1.90 bits per heavy atom. The number of hydrogen-bond acceptors (Lipinski definition) is 6. The van der Waals surface area contributed by atoms with Gasteiger partial charge in [0.2, 0.25) is 5.91 Å². The van der Waals surface area contributed by atoms with Gasteiger partial charge in [0.15, 0.2) is 6.29 Å². The molecule has 0 spiro atoms. The molecule has 8 nitrogen and oxygen atoms in total. The van der Waals surface area contributed by atoms with Crippen molar-refractivity contribution >= 4 is 17.7 Å². The van der Waals surface area contributed by atoms with Crippen LogP contribution in [0.3, 0.4) is 0 Å². The van der Waals surface area contributed by atoms with Crippen LogP contribution in [0.4, 0.5) is 0 Å². The van der Waals surface area contributed by atoms with E-state index in [1.54, 1.807) is 0 Å². The van der Waals surface area contributed by atoms with Crippen molar-refractivity contribution in [2.75, 3.05) is 26.3 Å². The molecular weight excluding hydrogens is 388 g/mol. The van der Waals surface area contributed by atoms with Crippen LogP contribution in [-0.2, 0) is 23.9 Å². The third kappa shape index (κ3) is 6.14. The van der Waals surface area contributed by atoms with Gasteiger partial charge in [-0.15, -0.1) is 0 Å². The van der Waals surface area contributed by atoms with Crippen molar-refractivity contribution < 1.29 is 28.6 Å². The monoisotopic (exact) mass is 416 g/mol. The number of unbranched alkanes of at least 4 members (excludes halogenated alkanes) is 1. The van der Waals surface area contributed by atoms with E-state index >= 15 is 0 Å². The number of ether oxygens (including phenoxy) is 3. The zero-order valence-electron chi connectivity index (χ0n) is 17.2. The largest absolute Gasteiger partial charge is 0.494 e. The third-order valence-electron chi connectivity index (χ3n) is 4.95. The summed E-state index contributed by atoms with van der Waals surface area (Å²) >= 11 is 0. The van der Waals surface area contributed by atoms with E-state index in [1.807, 2.05) is 31.2 Å². The van der Waals surface area contributed by atoms with E-state index in [0.717, 1.165) is 35.5 Å². The van der Waals surface area contributed by atoms with Crippen molar-refractivity contribution in [2.24, 2.45) is 0 Å². The number of benzene rings is 1. The lowest BCUT2D eigenvalue weighted by Crippen LogP contribution is -2.35. The number of nitrogens with one attached hydrogen (secondary N) is 1. The summed E-state index contributed by atoms with van der Waals surface area (Å²) in [5.41, 5.74) is 0.971. The maximum atomic E-state index is 11.9. The minimum Gasteiger partial charge on any atom is -0.494 e. The van der Waals surface area contributed by atoms with Gasteiger partial charge >= 0.3 is 0 Å². The number of imide groups is 1. The van der Waals surface area contributed by atoms with Crippen molar-refractivity contribution in [1.82, 2.24) is 10.2 Å². The van der Waals surface area contributed by atoms with Crippen LogP contribution in [0.2, 0.25) is 0 Å². The van der Waals surface area contributed by atoms with Gasteiger partial charge in [-0.25, -0.2) is 0 Å². The SMILES string of the molecule is CCOc1ccc(C2OCC(CCCCNC(=O)CCN3C(=O)C=CC3=O)O2)cc1. The topological polar surface area (TPSA) is 94.2 Å². The Morgan fingerprint density at radius 3 is 2.60 bits per heavy atom. The Labute approximate surface area is 176 Å². The highest BCUT2D eigenvalue weighted by Gasteiger charge is 2.27. The van der Waals surface area contributed by atoms with E-state index in [0.29, 0.717) is 19.8 Å². The Hall–Kier alpha value is -2.71. The zero-order valence-corrected chi connectivity index (χ0v) is 17.2. The number of rotatable bonds is 11. The minimum absolute atomic E-state index is 0.0389. The van der Waals surface area contributed by atoms with Crippen molar-refractivity contribution in [3.8, 4) is 5.75 Å². The summed E-state index contributed by atoms with van der Waals surface area (Å²) in [7, 11) is 0. The molecule has 1 N–H and O–H groups in total. The summed E-state index contributed by atoms with van der Waals surface area (Å²) in [4.78, 5) is 35.8. The molecule has 30 heavy (non-hydrogen) atoms. The Morgan fingerprint density at radius 1 is 1.17 bits per heavy atom. The number of hydrogen-bond donors (Lipinski definition) is 1. The molecule has 8 heteroatoms. The van der Waals surface area contributed by atoms with E-state index in [1.165, 1.54) is 12.2 Å². The number of nitrogens with zero attached hydrogens (tertiary/aromatic N) is 1. The molecule has 1 aromatic rings. The third-order valence-corrected chi connectivity index (χ3v) is 4.95. The molecule has 3 rings (SSSR count). The molecule has 1 saturated heterocycles. The summed E-state index contributed by atoms with van der Waals surface area (Å²) in [6.07, 6.45) is 4.81. The van der Waals surface area contributed by atoms with Gasteiger partial charge in [0.1, 0.15) is 5.75 Å². The van der Waals surface area contributed by atoms with Gasteiger partial charge in [-0.3, -0.25) is 19.3 Å². The van der Waals surface area contributed by atoms with Gasteiger partial charge in [0.05, 0.1) is 19.3 Å². The van der Waals surface area contributed by atoms with Crippen LogP contribution in [-0.4, -0.2) is 55.0 Å². The summed E-state index contributed by atoms with van der Waals surface area (Å²) in [5.74, 6) is -0.0723. The molecule has 0 saturated carbocycles. The molecule has 2 aliphatic rings. The van der Waals surface area contributed by atoms with Crippen molar-refractivity contribution in [2.45, 2.75) is 45.0 Å². The maximum Gasteiger partial charge on any atom is 0.253 e. The van der Waals surface area contributed by atoms with Crippen LogP contribution in [0, 0.1) is 0 Å². The van der Waals surface area contributed by atoms with E-state index in [-0.39, 0.29) is 43.1 Å². The maximum absolute atomic E-state index is 11.9. The fourth-order valence-electron chi connectivity index (χ4n) is 3.34. The van der Waals surface area contributed by atoms with Crippen LogP contribution in [0.1, 0.15) is 44.5 Å². The number of carbonyl (C=O) groups excluding carboxylic acids is 3. The molecule has 2 heterocycles. The lowest BCUT2D eigenvalue weighted by molar-refractivity contribution is -0.137. The molecule has 1 aromatic carbocycles. The number of amides is 3. The lowest BCUT2D eigenvalue weighted by Gasteiger charge is -2.14. The smallest absolute Gasteiger partial charge is 0.253 e. The normalized spacial score (nSPS) is 20.8. The predicted molar refractivity (Wildman–Crippen MR) is 109 cm³/mol. The van der Waals surface area contributed by atoms with Crippen molar-refractivity contribution in [3.63, 3.8) is 0 Å². The highest BCUT2D eigenvalue weighted by Crippen LogP contribution is 2.29. The Kier molecular flexibility index (Phi) is 7.98. The van der Waals surface area contributed by atoms with Gasteiger partial charge in [-0.2, -0.15) is 0 Å². The van der Waals surface area contributed by atoms with Gasteiger partial charge in [-0.1, -0.05) is 12.1 Å². The Bertz CT molecular complexity index is 758. The molecule has 2 aliphatic heterocycles. The van der Waals surface area contributed by atoms with E-state index in [9.17, 15) is 14.4 Å². The van der Waals surface area contributed by atoms with Gasteiger partial charge in [-0.05, 0) is 38.3 Å². The molecule has 2 unspecified atom stereocenters. The van der Waals surface area contributed by atoms with Crippen LogP contribution < -0.4 is 10.1 Å². The predicted octanol–water partition coefficient (Wildman–Crippen LogP) is 2.10. The van der Waals surface area contributed by atoms with Gasteiger partial charge < -0.3 is 19.5 Å². The molecule has 0 radical (unpaired) electrons. The first-order chi connectivity index (χ1) is 14.6. The quantitative estimate of drug-likeness (QED) is 0.439. The fourth-order valence-corrected chi connectivity index (χ4v) is 3.34. The minimum atomic E-state index is -0.366. The second-order valence-electron chi connectivity index (χ2n) is 7.18. The molecule has 0 aromatic heterocycles. The highest BCUT2D eigenvalue weighted by atomic mass is 16.7. The van der Waals surface area contributed by atoms with Gasteiger partial charge in [0.25, 0.3) is 11.8 Å². The summed E-state index contributed by atoms with van der Waals surface area (Å²) in [5, 5.41) is 2.82. The summed E-state index contributed by atoms with van der Waals surface area (Å²) in [6, 6.07) is 7.72. The molecule has 162 valence electrons. The second-order valence-corrected chi connectivity index (χ2v) is 7.18. The average Bonchev–Trinajstić information content (AvgIpc) is 3.34. The van der Waals surface area contributed by atoms with Crippen LogP contribution in [0.25, 0.3) is 0 Å². The van der Waals surface area contributed by atoms with E-state index < -0.39 is 0 Å². The molecule has 3 amide bonds. The molecular formula is C22H28N2O6. The van der Waals surface area contributed by atoms with Crippen LogP contribution >= 0.6 is 0 Å². The van der Waals surface area contributed by atoms with Crippen LogP contribution in [0.5, 0.6) is 5.75 Å². The van der Waals surface area contributed by atoms with E-state index in [2.05, 4.69) is 5.32 Å². The fraction of sp³-hybridized carbons (Fsp3) is 0.500. The summed E-state index contributed by atoms with van der Waals surface area (Å²) in [6.45, 7) is 3.79. The lowest BCUT2D eigenvalue weighted by atomic mass is 10.1. The van der Waals surface area contributed by atoms with E-state index in [4.69, 9.17) is 14.2 Å². The van der Waals surface area contributed by atoms with Crippen molar-refractivity contribution in [1.29, 1.82) is 0 Å². The number of carbonyl (C=O) groups is 3.